The minimum atomic E-state index is -2.82. The lowest BCUT2D eigenvalue weighted by Crippen LogP contribution is -2.26. The highest BCUT2D eigenvalue weighted by molar-refractivity contribution is 7.97. The van der Waals surface area contributed by atoms with E-state index in [9.17, 15) is 8.42 Å². The molecule has 1 saturated heterocycles. The first kappa shape index (κ1) is 13.2. The summed E-state index contributed by atoms with van der Waals surface area (Å²) in [5.41, 5.74) is 0. The predicted molar refractivity (Wildman–Crippen MR) is 72.1 cm³/mol. The molecule has 0 radical (unpaired) electrons. The van der Waals surface area contributed by atoms with Crippen LogP contribution in [0.15, 0.2) is 29.2 Å². The molecule has 0 amide bonds. The van der Waals surface area contributed by atoms with Crippen molar-refractivity contribution in [3.63, 3.8) is 0 Å². The minimum Gasteiger partial charge on any atom is -0.245 e. The third-order valence-corrected chi connectivity index (χ3v) is 5.86. The topological polar surface area (TPSA) is 37.4 Å². The zero-order valence-electron chi connectivity index (χ0n) is 9.47. The van der Waals surface area contributed by atoms with Gasteiger partial charge in [0.15, 0.2) is 9.84 Å². The molecule has 1 aliphatic heterocycles. The molecule has 1 aromatic rings. The number of nitrogens with zero attached hydrogens (tertiary/aromatic N) is 1. The van der Waals surface area contributed by atoms with Crippen molar-refractivity contribution in [3.05, 3.63) is 29.3 Å². The monoisotopic (exact) mass is 291 g/mol. The first-order chi connectivity index (χ1) is 7.96. The fourth-order valence-corrected chi connectivity index (χ4v) is 4.71. The summed E-state index contributed by atoms with van der Waals surface area (Å²) < 4.78 is 24.8. The Kier molecular flexibility index (Phi) is 4.02. The van der Waals surface area contributed by atoms with E-state index in [4.69, 9.17) is 11.6 Å². The maximum Gasteiger partial charge on any atom is 0.151 e. The lowest BCUT2D eigenvalue weighted by Gasteiger charge is -2.21. The summed E-state index contributed by atoms with van der Waals surface area (Å²) in [6, 6.07) is 7.66. The molecular formula is C11H14ClNO2S2. The number of sulfone groups is 1. The van der Waals surface area contributed by atoms with Gasteiger partial charge in [-0.3, -0.25) is 0 Å². The van der Waals surface area contributed by atoms with Gasteiger partial charge in [-0.15, -0.1) is 0 Å². The van der Waals surface area contributed by atoms with Gasteiger partial charge < -0.3 is 0 Å². The van der Waals surface area contributed by atoms with Crippen LogP contribution in [0.4, 0.5) is 0 Å². The molecule has 94 valence electrons. The summed E-state index contributed by atoms with van der Waals surface area (Å²) in [6.45, 7) is 0. The molecule has 0 unspecified atom stereocenters. The molecule has 0 aliphatic carbocycles. The van der Waals surface area contributed by atoms with Gasteiger partial charge in [-0.1, -0.05) is 11.6 Å². The van der Waals surface area contributed by atoms with Crippen molar-refractivity contribution in [2.45, 2.75) is 17.4 Å². The minimum absolute atomic E-state index is 0.112. The van der Waals surface area contributed by atoms with Crippen LogP contribution in [0.3, 0.4) is 0 Å². The largest absolute Gasteiger partial charge is 0.245 e. The van der Waals surface area contributed by atoms with Gasteiger partial charge in [0.05, 0.1) is 11.5 Å². The van der Waals surface area contributed by atoms with Gasteiger partial charge in [0.1, 0.15) is 0 Å². The smallest absolute Gasteiger partial charge is 0.151 e. The lowest BCUT2D eigenvalue weighted by atomic mass is 10.3. The van der Waals surface area contributed by atoms with E-state index in [0.717, 1.165) is 11.3 Å². The second-order valence-electron chi connectivity index (χ2n) is 4.15. The van der Waals surface area contributed by atoms with Gasteiger partial charge in [-0.05, 0) is 49.7 Å². The zero-order valence-corrected chi connectivity index (χ0v) is 11.9. The third kappa shape index (κ3) is 3.61. The first-order valence-electron chi connectivity index (χ1n) is 5.33. The Morgan fingerprint density at radius 2 is 2.00 bits per heavy atom. The lowest BCUT2D eigenvalue weighted by molar-refractivity contribution is 0.443. The third-order valence-electron chi connectivity index (χ3n) is 2.79. The van der Waals surface area contributed by atoms with Crippen LogP contribution in [0.25, 0.3) is 0 Å². The fourth-order valence-electron chi connectivity index (χ4n) is 1.80. The molecule has 0 saturated carbocycles. The van der Waals surface area contributed by atoms with E-state index < -0.39 is 9.84 Å². The molecule has 1 heterocycles. The van der Waals surface area contributed by atoms with E-state index in [0.29, 0.717) is 10.8 Å². The zero-order chi connectivity index (χ0) is 12.5. The van der Waals surface area contributed by atoms with Crippen LogP contribution in [0.1, 0.15) is 6.42 Å². The van der Waals surface area contributed by atoms with Gasteiger partial charge in [0.25, 0.3) is 0 Å². The second-order valence-corrected chi connectivity index (χ2v) is 8.04. The molecule has 2 rings (SSSR count). The molecule has 1 fully saturated rings. The molecule has 6 heteroatoms. The maximum absolute atomic E-state index is 11.4. The van der Waals surface area contributed by atoms with Gasteiger partial charge in [0, 0.05) is 16.0 Å². The number of benzene rings is 1. The SMILES string of the molecule is CN(Sc1ccc(Cl)cc1)[C@@H]1CCS(=O)(=O)C1. The van der Waals surface area contributed by atoms with Crippen LogP contribution in [0, 0.1) is 0 Å². The molecule has 0 spiro atoms. The first-order valence-corrected chi connectivity index (χ1v) is 8.30. The molecule has 0 bridgehead atoms. The van der Waals surface area contributed by atoms with E-state index in [1.807, 2.05) is 35.6 Å². The quantitative estimate of drug-likeness (QED) is 0.802. The number of rotatable bonds is 3. The highest BCUT2D eigenvalue weighted by atomic mass is 35.5. The van der Waals surface area contributed by atoms with Gasteiger partial charge >= 0.3 is 0 Å². The van der Waals surface area contributed by atoms with Crippen molar-refractivity contribution >= 4 is 33.4 Å². The summed E-state index contributed by atoms with van der Waals surface area (Å²) in [7, 11) is -0.880. The summed E-state index contributed by atoms with van der Waals surface area (Å²) in [4.78, 5) is 1.07. The van der Waals surface area contributed by atoms with E-state index in [1.165, 1.54) is 0 Å². The van der Waals surface area contributed by atoms with Crippen molar-refractivity contribution in [1.29, 1.82) is 0 Å². The van der Waals surface area contributed by atoms with Crippen molar-refractivity contribution in [1.82, 2.24) is 4.31 Å². The summed E-state index contributed by atoms with van der Waals surface area (Å²) in [6.07, 6.45) is 0.722. The van der Waals surface area contributed by atoms with Gasteiger partial charge in [0.2, 0.25) is 0 Å². The van der Waals surface area contributed by atoms with Crippen LogP contribution >= 0.6 is 23.5 Å². The van der Waals surface area contributed by atoms with Crippen LogP contribution in [0.2, 0.25) is 5.02 Å². The molecule has 1 aliphatic rings. The summed E-state index contributed by atoms with van der Waals surface area (Å²) >= 11 is 7.37. The molecule has 0 N–H and O–H groups in total. The van der Waals surface area contributed by atoms with Crippen LogP contribution in [0.5, 0.6) is 0 Å². The highest BCUT2D eigenvalue weighted by Crippen LogP contribution is 2.28. The molecule has 1 aromatic carbocycles. The van der Waals surface area contributed by atoms with E-state index in [1.54, 1.807) is 11.9 Å². The van der Waals surface area contributed by atoms with Crippen LogP contribution < -0.4 is 0 Å². The Balaban J connectivity index is 1.98. The fraction of sp³-hybridized carbons (Fsp3) is 0.455. The highest BCUT2D eigenvalue weighted by Gasteiger charge is 2.30. The van der Waals surface area contributed by atoms with Gasteiger partial charge in [-0.2, -0.15) is 0 Å². The molecule has 3 nitrogen and oxygen atoms in total. The number of halogens is 1. The number of hydrogen-bond donors (Lipinski definition) is 0. The summed E-state index contributed by atoms with van der Waals surface area (Å²) in [5.74, 6) is 0.577. The number of hydrogen-bond acceptors (Lipinski definition) is 4. The van der Waals surface area contributed by atoms with Gasteiger partial charge in [-0.25, -0.2) is 12.7 Å². The maximum atomic E-state index is 11.4. The molecule has 17 heavy (non-hydrogen) atoms. The van der Waals surface area contributed by atoms with E-state index >= 15 is 0 Å². The van der Waals surface area contributed by atoms with Crippen LogP contribution in [-0.4, -0.2) is 37.3 Å². The van der Waals surface area contributed by atoms with Crippen molar-refractivity contribution in [2.24, 2.45) is 0 Å². The van der Waals surface area contributed by atoms with Crippen molar-refractivity contribution < 1.29 is 8.42 Å². The standard InChI is InChI=1S/C11H14ClNO2S2/c1-13(10-6-7-17(14,15)8-10)16-11-4-2-9(12)3-5-11/h2-5,10H,6-8H2,1H3/t10-/m1/s1. The Bertz CT molecular complexity index is 487. The average Bonchev–Trinajstić information content (AvgIpc) is 2.62. The molecule has 1 atom stereocenters. The molecule has 0 aromatic heterocycles. The Morgan fingerprint density at radius 1 is 1.35 bits per heavy atom. The van der Waals surface area contributed by atoms with Crippen LogP contribution in [-0.2, 0) is 9.84 Å². The second kappa shape index (κ2) is 5.18. The summed E-state index contributed by atoms with van der Waals surface area (Å²) in [5, 5.41) is 0.709. The predicted octanol–water partition coefficient (Wildman–Crippen LogP) is 2.47. The average molecular weight is 292 g/mol. The van der Waals surface area contributed by atoms with E-state index in [-0.39, 0.29) is 11.8 Å². The van der Waals surface area contributed by atoms with Crippen molar-refractivity contribution in [3.8, 4) is 0 Å². The van der Waals surface area contributed by atoms with E-state index in [2.05, 4.69) is 0 Å². The van der Waals surface area contributed by atoms with Crippen molar-refractivity contribution in [2.75, 3.05) is 18.6 Å². The Labute approximate surface area is 111 Å². The Morgan fingerprint density at radius 3 is 2.53 bits per heavy atom. The normalized spacial score (nSPS) is 23.1. The Hall–Kier alpha value is -0.230. The molecular weight excluding hydrogens is 278 g/mol.